The van der Waals surface area contributed by atoms with Crippen molar-refractivity contribution in [3.05, 3.63) is 29.3 Å². The zero-order valence-corrected chi connectivity index (χ0v) is 13.9. The van der Waals surface area contributed by atoms with E-state index in [0.717, 1.165) is 12.1 Å². The fraction of sp³-hybridized carbons (Fsp3) is 0.571. The summed E-state index contributed by atoms with van der Waals surface area (Å²) in [5.74, 6) is 0. The first kappa shape index (κ1) is 16.8. The summed E-state index contributed by atoms with van der Waals surface area (Å²) in [7, 11) is -0.662. The number of alkyl halides is 4. The van der Waals surface area contributed by atoms with Gasteiger partial charge in [-0.15, -0.1) is 0 Å². The highest BCUT2D eigenvalue weighted by molar-refractivity contribution is 9.08. The van der Waals surface area contributed by atoms with Crippen molar-refractivity contribution in [1.82, 2.24) is 0 Å². The van der Waals surface area contributed by atoms with Crippen LogP contribution in [-0.2, 0) is 20.8 Å². The predicted molar refractivity (Wildman–Crippen MR) is 79.8 cm³/mol. The van der Waals surface area contributed by atoms with Crippen LogP contribution < -0.4 is 5.46 Å². The van der Waals surface area contributed by atoms with Gasteiger partial charge in [-0.25, -0.2) is 0 Å². The van der Waals surface area contributed by atoms with Gasteiger partial charge in [-0.3, -0.25) is 0 Å². The SMILES string of the molecule is CC1(C)OB(c2ccc(C(F)(F)F)cc2CBr)OC1(C)C. The maximum Gasteiger partial charge on any atom is 0.495 e. The maximum absolute atomic E-state index is 12.8. The van der Waals surface area contributed by atoms with Gasteiger partial charge < -0.3 is 9.31 Å². The molecule has 2 nitrogen and oxygen atoms in total. The number of benzene rings is 1. The van der Waals surface area contributed by atoms with Gasteiger partial charge in [0.05, 0.1) is 16.8 Å². The molecule has 0 aromatic heterocycles. The smallest absolute Gasteiger partial charge is 0.399 e. The number of halogens is 4. The zero-order chi connectivity index (χ0) is 16.1. The normalized spacial score (nSPS) is 20.9. The molecule has 1 aromatic carbocycles. The van der Waals surface area contributed by atoms with Gasteiger partial charge in [0.25, 0.3) is 0 Å². The Hall–Kier alpha value is -0.525. The molecule has 0 atom stereocenters. The second-order valence-electron chi connectivity index (χ2n) is 6.13. The van der Waals surface area contributed by atoms with E-state index in [9.17, 15) is 13.2 Å². The van der Waals surface area contributed by atoms with E-state index in [4.69, 9.17) is 9.31 Å². The largest absolute Gasteiger partial charge is 0.495 e. The van der Waals surface area contributed by atoms with E-state index in [1.54, 1.807) is 0 Å². The molecule has 0 aliphatic carbocycles. The third-order valence-corrected chi connectivity index (χ3v) is 4.73. The standard InChI is InChI=1S/C14H17BBrF3O2/c1-12(2)13(3,4)21-15(20-12)11-6-5-10(14(17,18)19)7-9(11)8-16/h5-7H,8H2,1-4H3. The highest BCUT2D eigenvalue weighted by Crippen LogP contribution is 2.37. The molecule has 0 saturated carbocycles. The molecule has 0 unspecified atom stereocenters. The van der Waals surface area contributed by atoms with Crippen LogP contribution in [0.15, 0.2) is 18.2 Å². The van der Waals surface area contributed by atoms with Crippen LogP contribution in [0.5, 0.6) is 0 Å². The highest BCUT2D eigenvalue weighted by atomic mass is 79.9. The fourth-order valence-corrected chi connectivity index (χ4v) is 2.58. The average Bonchev–Trinajstić information content (AvgIpc) is 2.56. The van der Waals surface area contributed by atoms with Crippen molar-refractivity contribution in [3.8, 4) is 0 Å². The van der Waals surface area contributed by atoms with Crippen LogP contribution in [0.2, 0.25) is 0 Å². The first-order valence-corrected chi connectivity index (χ1v) is 7.72. The molecular formula is C14H17BBrF3O2. The summed E-state index contributed by atoms with van der Waals surface area (Å²) in [5.41, 5.74) is -0.576. The van der Waals surface area contributed by atoms with E-state index in [0.29, 0.717) is 16.4 Å². The summed E-state index contributed by atoms with van der Waals surface area (Å²) in [4.78, 5) is 0. The van der Waals surface area contributed by atoms with Crippen LogP contribution in [0.1, 0.15) is 38.8 Å². The molecular weight excluding hydrogens is 348 g/mol. The van der Waals surface area contributed by atoms with Crippen LogP contribution in [0.3, 0.4) is 0 Å². The van der Waals surface area contributed by atoms with Crippen molar-refractivity contribution in [3.63, 3.8) is 0 Å². The molecule has 1 aromatic rings. The van der Waals surface area contributed by atoms with Gasteiger partial charge in [0, 0.05) is 5.33 Å². The lowest BCUT2D eigenvalue weighted by atomic mass is 9.76. The van der Waals surface area contributed by atoms with Gasteiger partial charge in [-0.2, -0.15) is 13.2 Å². The summed E-state index contributed by atoms with van der Waals surface area (Å²) in [6, 6.07) is 3.63. The summed E-state index contributed by atoms with van der Waals surface area (Å²) < 4.78 is 50.1. The predicted octanol–water partition coefficient (Wildman–Crippen LogP) is 3.90. The van der Waals surface area contributed by atoms with Crippen molar-refractivity contribution in [1.29, 1.82) is 0 Å². The van der Waals surface area contributed by atoms with E-state index in [-0.39, 0.29) is 0 Å². The molecule has 0 radical (unpaired) electrons. The molecule has 2 rings (SSSR count). The quantitative estimate of drug-likeness (QED) is 0.585. The Morgan fingerprint density at radius 1 is 1.10 bits per heavy atom. The number of rotatable bonds is 2. The number of hydrogen-bond acceptors (Lipinski definition) is 2. The number of hydrogen-bond donors (Lipinski definition) is 0. The first-order valence-electron chi connectivity index (χ1n) is 6.59. The topological polar surface area (TPSA) is 18.5 Å². The van der Waals surface area contributed by atoms with Gasteiger partial charge in [0.1, 0.15) is 0 Å². The van der Waals surface area contributed by atoms with E-state index in [1.165, 1.54) is 6.07 Å². The van der Waals surface area contributed by atoms with Crippen LogP contribution >= 0.6 is 15.9 Å². The first-order chi connectivity index (χ1) is 9.48. The molecule has 0 N–H and O–H groups in total. The second kappa shape index (κ2) is 5.28. The summed E-state index contributed by atoms with van der Waals surface area (Å²) in [5, 5.41) is 0.302. The van der Waals surface area contributed by atoms with Crippen LogP contribution in [0.4, 0.5) is 13.2 Å². The molecule has 116 valence electrons. The minimum absolute atomic E-state index is 0.302. The molecule has 1 aliphatic rings. The second-order valence-corrected chi connectivity index (χ2v) is 6.69. The molecule has 21 heavy (non-hydrogen) atoms. The molecule has 1 heterocycles. The maximum atomic E-state index is 12.8. The molecule has 1 fully saturated rings. The molecule has 1 aliphatic heterocycles. The lowest BCUT2D eigenvalue weighted by Crippen LogP contribution is -2.41. The van der Waals surface area contributed by atoms with E-state index in [2.05, 4.69) is 15.9 Å². The van der Waals surface area contributed by atoms with E-state index < -0.39 is 30.1 Å². The Bertz CT molecular complexity index is 528. The van der Waals surface area contributed by atoms with Gasteiger partial charge >= 0.3 is 13.3 Å². The molecule has 0 bridgehead atoms. The van der Waals surface area contributed by atoms with Gasteiger partial charge in [-0.05, 0) is 44.8 Å². The third-order valence-electron chi connectivity index (χ3n) is 4.12. The highest BCUT2D eigenvalue weighted by Gasteiger charge is 2.52. The van der Waals surface area contributed by atoms with Crippen molar-refractivity contribution < 1.29 is 22.5 Å². The van der Waals surface area contributed by atoms with E-state index >= 15 is 0 Å². The van der Waals surface area contributed by atoms with Gasteiger partial charge in [-0.1, -0.05) is 28.1 Å². The van der Waals surface area contributed by atoms with Crippen molar-refractivity contribution in [2.24, 2.45) is 0 Å². The van der Waals surface area contributed by atoms with Crippen LogP contribution in [-0.4, -0.2) is 18.3 Å². The monoisotopic (exact) mass is 364 g/mol. The fourth-order valence-electron chi connectivity index (χ4n) is 2.10. The summed E-state index contributed by atoms with van der Waals surface area (Å²) in [6.45, 7) is 7.63. The van der Waals surface area contributed by atoms with Crippen LogP contribution in [0, 0.1) is 0 Å². The average molecular weight is 365 g/mol. The van der Waals surface area contributed by atoms with Crippen LogP contribution in [0.25, 0.3) is 0 Å². The Balaban J connectivity index is 2.38. The Labute approximate surface area is 131 Å². The third kappa shape index (κ3) is 3.15. The molecule has 0 amide bonds. The molecule has 7 heteroatoms. The van der Waals surface area contributed by atoms with E-state index in [1.807, 2.05) is 27.7 Å². The minimum atomic E-state index is -4.36. The van der Waals surface area contributed by atoms with Crippen molar-refractivity contribution in [2.75, 3.05) is 0 Å². The molecule has 1 saturated heterocycles. The Kier molecular flexibility index (Phi) is 4.24. The lowest BCUT2D eigenvalue weighted by Gasteiger charge is -2.32. The Morgan fingerprint density at radius 2 is 1.62 bits per heavy atom. The summed E-state index contributed by atoms with van der Waals surface area (Å²) >= 11 is 3.23. The van der Waals surface area contributed by atoms with Crippen molar-refractivity contribution >= 4 is 28.5 Å². The summed E-state index contributed by atoms with van der Waals surface area (Å²) in [6.07, 6.45) is -4.36. The minimum Gasteiger partial charge on any atom is -0.399 e. The van der Waals surface area contributed by atoms with Crippen molar-refractivity contribution in [2.45, 2.75) is 50.4 Å². The molecule has 0 spiro atoms. The van der Waals surface area contributed by atoms with Gasteiger partial charge in [0.2, 0.25) is 0 Å². The Morgan fingerprint density at radius 3 is 2.05 bits per heavy atom. The zero-order valence-electron chi connectivity index (χ0n) is 12.3. The lowest BCUT2D eigenvalue weighted by molar-refractivity contribution is -0.137. The van der Waals surface area contributed by atoms with Gasteiger partial charge in [0.15, 0.2) is 0 Å².